The van der Waals surface area contributed by atoms with Gasteiger partial charge >= 0.3 is 0 Å². The molecule has 2 aromatic heterocycles. The fraction of sp³-hybridized carbons (Fsp3) is 0.235. The molecule has 0 spiro atoms. The minimum atomic E-state index is 0.184. The predicted octanol–water partition coefficient (Wildman–Crippen LogP) is 2.19. The number of hydrogen-bond acceptors (Lipinski definition) is 6. The van der Waals surface area contributed by atoms with E-state index in [4.69, 9.17) is 5.73 Å². The average molecular weight is 338 g/mol. The van der Waals surface area contributed by atoms with Crippen LogP contribution in [0.15, 0.2) is 57.4 Å². The Bertz CT molecular complexity index is 856. The molecule has 2 aliphatic rings. The lowest BCUT2D eigenvalue weighted by Crippen LogP contribution is -2.34. The first-order chi connectivity index (χ1) is 11.7. The van der Waals surface area contributed by atoms with Gasteiger partial charge in [0.25, 0.3) is 0 Å². The van der Waals surface area contributed by atoms with Crippen LogP contribution < -0.4 is 11.1 Å². The molecule has 1 aliphatic carbocycles. The highest BCUT2D eigenvalue weighted by molar-refractivity contribution is 7.08. The smallest absolute Gasteiger partial charge is 0.137 e. The van der Waals surface area contributed by atoms with Crippen LogP contribution in [0, 0.1) is 0 Å². The Balaban J connectivity index is 1.50. The van der Waals surface area contributed by atoms with E-state index in [1.54, 1.807) is 17.7 Å². The Hall–Kier alpha value is -2.67. The first-order valence-corrected chi connectivity index (χ1v) is 8.71. The van der Waals surface area contributed by atoms with E-state index in [-0.39, 0.29) is 12.1 Å². The van der Waals surface area contributed by atoms with Gasteiger partial charge in [0, 0.05) is 5.38 Å². The zero-order valence-electron chi connectivity index (χ0n) is 13.3. The summed E-state index contributed by atoms with van der Waals surface area (Å²) in [5, 5.41) is 7.44. The van der Waals surface area contributed by atoms with Gasteiger partial charge in [0.1, 0.15) is 23.7 Å². The second kappa shape index (κ2) is 6.09. The Labute approximate surface area is 144 Å². The van der Waals surface area contributed by atoms with E-state index in [1.807, 2.05) is 40.5 Å². The van der Waals surface area contributed by atoms with Crippen LogP contribution in [0.5, 0.6) is 0 Å². The van der Waals surface area contributed by atoms with E-state index in [0.717, 1.165) is 22.9 Å². The summed E-state index contributed by atoms with van der Waals surface area (Å²) in [6, 6.07) is 2.45. The molecule has 24 heavy (non-hydrogen) atoms. The number of aliphatic imine (C=N–C) groups is 2. The van der Waals surface area contributed by atoms with E-state index in [2.05, 4.69) is 32.4 Å². The molecule has 0 saturated heterocycles. The molecule has 0 bridgehead atoms. The Morgan fingerprint density at radius 3 is 3.08 bits per heavy atom. The average Bonchev–Trinajstić information content (AvgIpc) is 3.31. The van der Waals surface area contributed by atoms with Gasteiger partial charge in [-0.15, -0.1) is 0 Å². The molecular weight excluding hydrogens is 320 g/mol. The number of amidine groups is 1. The zero-order chi connectivity index (χ0) is 16.5. The summed E-state index contributed by atoms with van der Waals surface area (Å²) < 4.78 is 1.88. The van der Waals surface area contributed by atoms with Crippen LogP contribution in [0.2, 0.25) is 0 Å². The fourth-order valence-corrected chi connectivity index (χ4v) is 3.48. The van der Waals surface area contributed by atoms with Crippen molar-refractivity contribution in [3.8, 4) is 5.69 Å². The highest BCUT2D eigenvalue weighted by Crippen LogP contribution is 2.20. The Kier molecular flexibility index (Phi) is 3.78. The van der Waals surface area contributed by atoms with Crippen molar-refractivity contribution in [1.82, 2.24) is 14.9 Å². The third-order valence-electron chi connectivity index (χ3n) is 4.14. The SMILES string of the molecule is CC(=NCC1=NC2C=CC=CC2N1)c1ncn(-c2ccsc2)c1N. The van der Waals surface area contributed by atoms with E-state index >= 15 is 0 Å². The third-order valence-corrected chi connectivity index (χ3v) is 4.81. The number of thiophene rings is 1. The third kappa shape index (κ3) is 2.67. The van der Waals surface area contributed by atoms with Crippen LogP contribution in [-0.4, -0.2) is 39.7 Å². The summed E-state index contributed by atoms with van der Waals surface area (Å²) in [4.78, 5) is 13.7. The molecule has 122 valence electrons. The van der Waals surface area contributed by atoms with Crippen LogP contribution in [0.25, 0.3) is 5.69 Å². The first-order valence-electron chi connectivity index (χ1n) is 7.77. The number of nitrogens with zero attached hydrogens (tertiary/aromatic N) is 4. The highest BCUT2D eigenvalue weighted by Gasteiger charge is 2.25. The summed E-state index contributed by atoms with van der Waals surface area (Å²) in [6.07, 6.45) is 10.0. The molecule has 4 rings (SSSR count). The number of nitrogens with one attached hydrogen (secondary N) is 1. The molecule has 6 nitrogen and oxygen atoms in total. The van der Waals surface area contributed by atoms with E-state index in [1.165, 1.54) is 0 Å². The number of hydrogen-bond donors (Lipinski definition) is 2. The number of allylic oxidation sites excluding steroid dienone is 2. The second-order valence-electron chi connectivity index (χ2n) is 5.74. The molecule has 3 N–H and O–H groups in total. The molecule has 0 fully saturated rings. The Morgan fingerprint density at radius 1 is 1.42 bits per heavy atom. The molecule has 2 atom stereocenters. The fourth-order valence-electron chi connectivity index (χ4n) is 2.85. The van der Waals surface area contributed by atoms with Crippen LogP contribution in [0.4, 0.5) is 5.82 Å². The van der Waals surface area contributed by atoms with Crippen molar-refractivity contribution in [3.05, 3.63) is 53.2 Å². The number of nitrogen functional groups attached to an aromatic ring is 1. The largest absolute Gasteiger partial charge is 0.383 e. The number of imidazole rings is 1. The van der Waals surface area contributed by atoms with Crippen LogP contribution in [0.1, 0.15) is 12.6 Å². The molecular formula is C17H18N6S. The lowest BCUT2D eigenvalue weighted by Gasteiger charge is -2.13. The van der Waals surface area contributed by atoms with E-state index in [9.17, 15) is 0 Å². The zero-order valence-corrected chi connectivity index (χ0v) is 14.1. The van der Waals surface area contributed by atoms with Gasteiger partial charge in [-0.1, -0.05) is 24.3 Å². The molecule has 3 heterocycles. The molecule has 0 saturated carbocycles. The summed E-state index contributed by atoms with van der Waals surface area (Å²) in [7, 11) is 0. The Morgan fingerprint density at radius 2 is 2.29 bits per heavy atom. The molecule has 0 aromatic carbocycles. The highest BCUT2D eigenvalue weighted by atomic mass is 32.1. The van der Waals surface area contributed by atoms with Gasteiger partial charge in [0.2, 0.25) is 0 Å². The maximum Gasteiger partial charge on any atom is 0.137 e. The molecule has 2 unspecified atom stereocenters. The van der Waals surface area contributed by atoms with Gasteiger partial charge in [-0.25, -0.2) is 4.98 Å². The van der Waals surface area contributed by atoms with Gasteiger partial charge in [-0.2, -0.15) is 11.3 Å². The first kappa shape index (κ1) is 14.9. The van der Waals surface area contributed by atoms with Gasteiger partial charge in [0.05, 0.1) is 30.0 Å². The number of aromatic nitrogens is 2. The van der Waals surface area contributed by atoms with Crippen molar-refractivity contribution in [2.45, 2.75) is 19.0 Å². The summed E-state index contributed by atoms with van der Waals surface area (Å²) >= 11 is 1.63. The summed E-state index contributed by atoms with van der Waals surface area (Å²) in [5.74, 6) is 1.51. The van der Waals surface area contributed by atoms with Crippen molar-refractivity contribution in [3.63, 3.8) is 0 Å². The van der Waals surface area contributed by atoms with Crippen molar-refractivity contribution in [2.75, 3.05) is 12.3 Å². The standard InChI is InChI=1S/C17H18N6S/c1-11(16-17(18)23(10-20-16)12-6-7-24-9-12)19-8-15-21-13-4-2-3-5-14(13)22-15/h2-7,9-10,13-14H,8,18H2,1H3,(H,21,22). The van der Waals surface area contributed by atoms with Gasteiger partial charge < -0.3 is 11.1 Å². The topological polar surface area (TPSA) is 80.6 Å². The minimum absolute atomic E-state index is 0.184. The number of anilines is 1. The lowest BCUT2D eigenvalue weighted by atomic mass is 10.1. The quantitative estimate of drug-likeness (QED) is 0.839. The summed E-state index contributed by atoms with van der Waals surface area (Å²) in [5.41, 5.74) is 8.79. The van der Waals surface area contributed by atoms with Crippen molar-refractivity contribution >= 4 is 28.7 Å². The number of fused-ring (bicyclic) bond motifs is 1. The second-order valence-corrected chi connectivity index (χ2v) is 6.52. The molecule has 1 aliphatic heterocycles. The minimum Gasteiger partial charge on any atom is -0.383 e. The van der Waals surface area contributed by atoms with Gasteiger partial charge in [0.15, 0.2) is 0 Å². The van der Waals surface area contributed by atoms with Crippen LogP contribution in [0.3, 0.4) is 0 Å². The molecule has 0 radical (unpaired) electrons. The van der Waals surface area contributed by atoms with Crippen molar-refractivity contribution in [1.29, 1.82) is 0 Å². The number of nitrogens with two attached hydrogens (primary N) is 1. The van der Waals surface area contributed by atoms with E-state index in [0.29, 0.717) is 12.4 Å². The number of rotatable bonds is 4. The summed E-state index contributed by atoms with van der Waals surface area (Å²) in [6.45, 7) is 2.43. The lowest BCUT2D eigenvalue weighted by molar-refractivity contribution is 0.694. The monoisotopic (exact) mass is 338 g/mol. The van der Waals surface area contributed by atoms with E-state index < -0.39 is 0 Å². The van der Waals surface area contributed by atoms with Gasteiger partial charge in [-0.3, -0.25) is 14.6 Å². The maximum atomic E-state index is 6.23. The van der Waals surface area contributed by atoms with Gasteiger partial charge in [-0.05, 0) is 18.4 Å². The predicted molar refractivity (Wildman–Crippen MR) is 99.4 cm³/mol. The van der Waals surface area contributed by atoms with Crippen molar-refractivity contribution in [2.24, 2.45) is 9.98 Å². The van der Waals surface area contributed by atoms with Crippen molar-refractivity contribution < 1.29 is 0 Å². The molecule has 0 amide bonds. The maximum absolute atomic E-state index is 6.23. The normalized spacial score (nSPS) is 22.4. The van der Waals surface area contributed by atoms with Crippen LogP contribution in [-0.2, 0) is 0 Å². The molecule has 7 heteroatoms. The van der Waals surface area contributed by atoms with Crippen LogP contribution >= 0.6 is 11.3 Å². The molecule has 2 aromatic rings.